The maximum atomic E-state index is 12.2. The molecule has 0 fully saturated rings. The fourth-order valence-electron chi connectivity index (χ4n) is 6.62. The Labute approximate surface area is 318 Å². The molecule has 9 heteroatoms. The van der Waals surface area contributed by atoms with E-state index < -0.39 is 0 Å². The molecule has 3 aromatic carbocycles. The number of ether oxygens (including phenoxy) is 4. The lowest BCUT2D eigenvalue weighted by Crippen LogP contribution is -2.07. The second kappa shape index (κ2) is 21.8. The Morgan fingerprint density at radius 1 is 0.481 bits per heavy atom. The van der Waals surface area contributed by atoms with Gasteiger partial charge < -0.3 is 32.9 Å². The van der Waals surface area contributed by atoms with Gasteiger partial charge in [-0.3, -0.25) is 0 Å². The van der Waals surface area contributed by atoms with E-state index in [4.69, 9.17) is 27.8 Å². The van der Waals surface area contributed by atoms with E-state index in [1.54, 1.807) is 42.5 Å². The summed E-state index contributed by atoms with van der Waals surface area (Å²) in [6, 6.07) is 19.9. The molecule has 0 aliphatic rings. The SMILES string of the molecule is CCCCCCCc1cc(=O)oc2cc(OCCCOc3cc(CO)cc(OCCCOc4ccc5c(CCCCCCC)cc(=O)oc5c4)c3)ccc12. The normalized spacial score (nSPS) is 11.3. The van der Waals surface area contributed by atoms with Gasteiger partial charge in [-0.2, -0.15) is 0 Å². The van der Waals surface area contributed by atoms with Gasteiger partial charge in [0.1, 0.15) is 34.2 Å². The fourth-order valence-corrected chi connectivity index (χ4v) is 6.62. The van der Waals surface area contributed by atoms with Gasteiger partial charge in [-0.25, -0.2) is 9.59 Å². The van der Waals surface area contributed by atoms with Crippen LogP contribution in [-0.2, 0) is 19.4 Å². The van der Waals surface area contributed by atoms with Crippen molar-refractivity contribution in [2.45, 2.75) is 110 Å². The lowest BCUT2D eigenvalue weighted by molar-refractivity contribution is 0.238. The van der Waals surface area contributed by atoms with Gasteiger partial charge in [0.05, 0.1) is 33.0 Å². The summed E-state index contributed by atoms with van der Waals surface area (Å²) in [5.74, 6) is 2.47. The number of fused-ring (bicyclic) bond motifs is 2. The summed E-state index contributed by atoms with van der Waals surface area (Å²) < 4.78 is 34.8. The monoisotopic (exact) mass is 740 g/mol. The molecule has 0 aliphatic heterocycles. The van der Waals surface area contributed by atoms with Gasteiger partial charge in [0.25, 0.3) is 0 Å². The molecule has 0 radical (unpaired) electrons. The molecule has 0 saturated carbocycles. The zero-order valence-electron chi connectivity index (χ0n) is 32.0. The first-order valence-electron chi connectivity index (χ1n) is 19.8. The van der Waals surface area contributed by atoms with Crippen molar-refractivity contribution < 1.29 is 32.9 Å². The highest BCUT2D eigenvalue weighted by Crippen LogP contribution is 2.27. The molecule has 54 heavy (non-hydrogen) atoms. The van der Waals surface area contributed by atoms with Crippen molar-refractivity contribution in [1.82, 2.24) is 0 Å². The zero-order valence-corrected chi connectivity index (χ0v) is 32.0. The molecule has 2 heterocycles. The maximum absolute atomic E-state index is 12.2. The first-order chi connectivity index (χ1) is 26.4. The summed E-state index contributed by atoms with van der Waals surface area (Å²) >= 11 is 0. The predicted molar refractivity (Wildman–Crippen MR) is 213 cm³/mol. The van der Waals surface area contributed by atoms with Crippen LogP contribution in [0.5, 0.6) is 23.0 Å². The van der Waals surface area contributed by atoms with E-state index in [2.05, 4.69) is 13.8 Å². The van der Waals surface area contributed by atoms with Crippen LogP contribution in [0.1, 0.15) is 108 Å². The number of unbranched alkanes of at least 4 members (excludes halogenated alkanes) is 8. The van der Waals surface area contributed by atoms with Crippen molar-refractivity contribution in [3.8, 4) is 23.0 Å². The Kier molecular flexibility index (Phi) is 16.3. The fraction of sp³-hybridized carbons (Fsp3) is 0.467. The van der Waals surface area contributed by atoms with E-state index in [1.165, 1.54) is 38.5 Å². The summed E-state index contributed by atoms with van der Waals surface area (Å²) in [5.41, 5.74) is 3.14. The van der Waals surface area contributed by atoms with Crippen LogP contribution in [0, 0.1) is 0 Å². The van der Waals surface area contributed by atoms with Crippen molar-refractivity contribution in [3.63, 3.8) is 0 Å². The molecule has 5 aromatic rings. The Morgan fingerprint density at radius 3 is 1.33 bits per heavy atom. The Bertz CT molecular complexity index is 1870. The van der Waals surface area contributed by atoms with E-state index >= 15 is 0 Å². The molecule has 0 saturated heterocycles. The summed E-state index contributed by atoms with van der Waals surface area (Å²) in [7, 11) is 0. The Hall–Kier alpha value is -4.76. The predicted octanol–water partition coefficient (Wildman–Crippen LogP) is 10.1. The van der Waals surface area contributed by atoms with Crippen LogP contribution in [0.25, 0.3) is 21.9 Å². The molecule has 0 atom stereocenters. The van der Waals surface area contributed by atoms with E-state index in [9.17, 15) is 14.7 Å². The minimum atomic E-state index is -0.339. The van der Waals surface area contributed by atoms with Crippen molar-refractivity contribution in [2.24, 2.45) is 0 Å². The second-order valence-electron chi connectivity index (χ2n) is 13.9. The Morgan fingerprint density at radius 2 is 0.907 bits per heavy atom. The second-order valence-corrected chi connectivity index (χ2v) is 13.9. The quantitative estimate of drug-likeness (QED) is 0.0461. The number of benzene rings is 3. The molecule has 0 spiro atoms. The van der Waals surface area contributed by atoms with Crippen molar-refractivity contribution in [3.05, 3.63) is 104 Å². The zero-order chi connectivity index (χ0) is 38.0. The summed E-state index contributed by atoms with van der Waals surface area (Å²) in [6.07, 6.45) is 14.7. The summed E-state index contributed by atoms with van der Waals surface area (Å²) in [5, 5.41) is 11.7. The third-order valence-corrected chi connectivity index (χ3v) is 9.48. The smallest absolute Gasteiger partial charge is 0.336 e. The number of aliphatic hydroxyl groups is 1. The van der Waals surface area contributed by atoms with Gasteiger partial charge >= 0.3 is 11.3 Å². The van der Waals surface area contributed by atoms with Crippen LogP contribution in [-0.4, -0.2) is 31.5 Å². The van der Waals surface area contributed by atoms with Gasteiger partial charge in [0.2, 0.25) is 0 Å². The average Bonchev–Trinajstić information content (AvgIpc) is 3.16. The minimum absolute atomic E-state index is 0.142. The van der Waals surface area contributed by atoms with Crippen LogP contribution < -0.4 is 30.2 Å². The third kappa shape index (κ3) is 12.7. The lowest BCUT2D eigenvalue weighted by Gasteiger charge is -2.13. The van der Waals surface area contributed by atoms with Crippen LogP contribution in [0.3, 0.4) is 0 Å². The molecule has 0 unspecified atom stereocenters. The largest absolute Gasteiger partial charge is 0.493 e. The van der Waals surface area contributed by atoms with E-state index in [1.807, 2.05) is 24.3 Å². The van der Waals surface area contributed by atoms with Gasteiger partial charge in [-0.05, 0) is 78.8 Å². The maximum Gasteiger partial charge on any atom is 0.336 e. The molecule has 290 valence electrons. The van der Waals surface area contributed by atoms with Crippen molar-refractivity contribution >= 4 is 21.9 Å². The average molecular weight is 741 g/mol. The van der Waals surface area contributed by atoms with Gasteiger partial charge in [0, 0.05) is 53.9 Å². The number of aryl methyl sites for hydroxylation is 2. The number of hydrogen-bond acceptors (Lipinski definition) is 9. The molecular formula is C45H56O9. The molecule has 5 rings (SSSR count). The lowest BCUT2D eigenvalue weighted by atomic mass is 10.0. The standard InChI is InChI=1S/C45H56O9/c1-3-5-7-9-11-15-34-27-44(47)53-42-30-36(17-19-40(34)42)49-21-13-23-51-38-25-33(32-46)26-39(29-38)52-24-14-22-50-37-18-20-41-35(16-12-10-8-6-4-2)28-45(48)54-43(41)31-37/h17-20,25-31,46H,3-16,21-24,32H2,1-2H3. The van der Waals surface area contributed by atoms with E-state index in [-0.39, 0.29) is 17.9 Å². The molecule has 2 aromatic heterocycles. The molecule has 0 amide bonds. The van der Waals surface area contributed by atoms with Crippen LogP contribution in [0.15, 0.2) is 85.2 Å². The first-order valence-corrected chi connectivity index (χ1v) is 19.8. The number of rotatable bonds is 25. The third-order valence-electron chi connectivity index (χ3n) is 9.48. The van der Waals surface area contributed by atoms with Crippen LogP contribution in [0.4, 0.5) is 0 Å². The van der Waals surface area contributed by atoms with Gasteiger partial charge in [-0.1, -0.05) is 65.2 Å². The van der Waals surface area contributed by atoms with Crippen LogP contribution >= 0.6 is 0 Å². The molecule has 0 aliphatic carbocycles. The minimum Gasteiger partial charge on any atom is -0.493 e. The topological polar surface area (TPSA) is 118 Å². The van der Waals surface area contributed by atoms with Gasteiger partial charge in [0.15, 0.2) is 0 Å². The van der Waals surface area contributed by atoms with Crippen molar-refractivity contribution in [2.75, 3.05) is 26.4 Å². The van der Waals surface area contributed by atoms with E-state index in [0.29, 0.717) is 79.0 Å². The molecule has 9 nitrogen and oxygen atoms in total. The summed E-state index contributed by atoms with van der Waals surface area (Å²) in [6.45, 7) is 5.90. The molecule has 1 N–H and O–H groups in total. The number of hydrogen-bond donors (Lipinski definition) is 1. The highest BCUT2D eigenvalue weighted by atomic mass is 16.5. The summed E-state index contributed by atoms with van der Waals surface area (Å²) in [4.78, 5) is 24.5. The molecule has 0 bridgehead atoms. The molecular weight excluding hydrogens is 684 g/mol. The van der Waals surface area contributed by atoms with E-state index in [0.717, 1.165) is 60.4 Å². The first kappa shape index (κ1) is 40.4. The Balaban J connectivity index is 1.04. The van der Waals surface area contributed by atoms with Crippen molar-refractivity contribution in [1.29, 1.82) is 0 Å². The van der Waals surface area contributed by atoms with Crippen LogP contribution in [0.2, 0.25) is 0 Å². The number of aliphatic hydroxyl groups excluding tert-OH is 1. The highest BCUT2D eigenvalue weighted by molar-refractivity contribution is 5.82. The van der Waals surface area contributed by atoms with Gasteiger partial charge in [-0.15, -0.1) is 0 Å². The highest BCUT2D eigenvalue weighted by Gasteiger charge is 2.10.